The molecule has 0 fully saturated rings. The van der Waals surface area contributed by atoms with Gasteiger partial charge in [0.25, 0.3) is 0 Å². The minimum absolute atomic E-state index is 0.339. The zero-order valence-corrected chi connectivity index (χ0v) is 16.7. The van der Waals surface area contributed by atoms with Crippen LogP contribution in [-0.4, -0.2) is 14.4 Å². The second-order valence-electron chi connectivity index (χ2n) is 6.38. The Labute approximate surface area is 147 Å². The number of hydrogen-bond donors (Lipinski definition) is 0. The lowest BCUT2D eigenvalue weighted by Gasteiger charge is -2.34. The van der Waals surface area contributed by atoms with Crippen molar-refractivity contribution in [2.75, 3.05) is 0 Å². The molecule has 126 valence electrons. The van der Waals surface area contributed by atoms with Crippen molar-refractivity contribution in [2.24, 2.45) is 5.92 Å². The van der Waals surface area contributed by atoms with E-state index in [2.05, 4.69) is 76.3 Å². The van der Waals surface area contributed by atoms with Crippen LogP contribution in [0.3, 0.4) is 0 Å². The van der Waals surface area contributed by atoms with Gasteiger partial charge in [-0.25, -0.2) is 0 Å². The van der Waals surface area contributed by atoms with Gasteiger partial charge in [-0.05, 0) is 42.6 Å². The molecule has 1 aliphatic carbocycles. The molecule has 1 aliphatic rings. The molecule has 1 aromatic rings. The van der Waals surface area contributed by atoms with Crippen LogP contribution in [-0.2, 0) is 4.43 Å². The zero-order valence-electron chi connectivity index (χ0n) is 14.9. The second-order valence-corrected chi connectivity index (χ2v) is 12.2. The van der Waals surface area contributed by atoms with E-state index in [4.69, 9.17) is 4.43 Å². The average Bonchev–Trinajstić information content (AvgIpc) is 2.76. The Balaban J connectivity index is 2.07. The molecule has 0 unspecified atom stereocenters. The molecule has 0 N–H and O–H groups in total. The number of allylic oxidation sites excluding steroid dienone is 1. The molecule has 0 saturated carbocycles. The van der Waals surface area contributed by atoms with E-state index in [1.807, 2.05) is 11.8 Å². The van der Waals surface area contributed by atoms with Gasteiger partial charge in [0.2, 0.25) is 0 Å². The lowest BCUT2D eigenvalue weighted by atomic mass is 10.0. The smallest absolute Gasteiger partial charge is 0.192 e. The molecular weight excluding hydrogens is 316 g/mol. The molecule has 2 atom stereocenters. The highest BCUT2D eigenvalue weighted by molar-refractivity contribution is 8.03. The Hall–Kier alpha value is -0.773. The molecule has 0 radical (unpaired) electrons. The number of rotatable bonds is 7. The van der Waals surface area contributed by atoms with Crippen molar-refractivity contribution in [1.29, 1.82) is 0 Å². The van der Waals surface area contributed by atoms with Gasteiger partial charge < -0.3 is 4.43 Å². The van der Waals surface area contributed by atoms with Gasteiger partial charge in [-0.2, -0.15) is 0 Å². The van der Waals surface area contributed by atoms with E-state index in [0.717, 1.165) is 6.42 Å². The van der Waals surface area contributed by atoms with Crippen LogP contribution in [0.2, 0.25) is 18.1 Å². The van der Waals surface area contributed by atoms with E-state index in [-0.39, 0.29) is 0 Å². The Morgan fingerprint density at radius 2 is 1.74 bits per heavy atom. The van der Waals surface area contributed by atoms with Gasteiger partial charge in [0.15, 0.2) is 8.32 Å². The van der Waals surface area contributed by atoms with Crippen LogP contribution in [0.25, 0.3) is 0 Å². The topological polar surface area (TPSA) is 9.23 Å². The second kappa shape index (κ2) is 8.91. The molecule has 0 heterocycles. The summed E-state index contributed by atoms with van der Waals surface area (Å²) in [4.78, 5) is 2.64. The van der Waals surface area contributed by atoms with E-state index in [9.17, 15) is 0 Å². The van der Waals surface area contributed by atoms with Crippen molar-refractivity contribution >= 4 is 20.1 Å². The molecule has 0 saturated heterocycles. The van der Waals surface area contributed by atoms with Gasteiger partial charge in [-0.3, -0.25) is 0 Å². The highest BCUT2D eigenvalue weighted by atomic mass is 32.2. The SMILES string of the molecule is CC[Si](CC)(CC)O[C@H]1CC=C(Sc2ccccc2)C=C[C@@H]1C. The third-order valence-corrected chi connectivity index (χ3v) is 10.7. The molecule has 23 heavy (non-hydrogen) atoms. The van der Waals surface area contributed by atoms with E-state index >= 15 is 0 Å². The summed E-state index contributed by atoms with van der Waals surface area (Å²) in [6, 6.07) is 14.3. The normalized spacial score (nSPS) is 21.8. The molecule has 2 rings (SSSR count). The summed E-state index contributed by atoms with van der Waals surface area (Å²) in [7, 11) is -1.54. The quantitative estimate of drug-likeness (QED) is 0.511. The van der Waals surface area contributed by atoms with Gasteiger partial charge >= 0.3 is 0 Å². The Bertz CT molecular complexity index is 526. The van der Waals surface area contributed by atoms with E-state index < -0.39 is 8.32 Å². The van der Waals surface area contributed by atoms with E-state index in [1.165, 1.54) is 27.9 Å². The van der Waals surface area contributed by atoms with Crippen molar-refractivity contribution in [3.05, 3.63) is 53.5 Å². The van der Waals surface area contributed by atoms with Crippen LogP contribution in [0.1, 0.15) is 34.1 Å². The Kier molecular flexibility index (Phi) is 7.19. The molecular formula is C20H30OSSi. The number of hydrogen-bond acceptors (Lipinski definition) is 2. The standard InChI is InChI=1S/C20H30OSSi/c1-5-23(6-2,7-3)21-20-16-15-19(14-13-17(20)4)22-18-11-9-8-10-12-18/h8-15,17,20H,5-7,16H2,1-4H3/t17-,20-/m0/s1. The van der Waals surface area contributed by atoms with Crippen molar-refractivity contribution in [1.82, 2.24) is 0 Å². The monoisotopic (exact) mass is 346 g/mol. The van der Waals surface area contributed by atoms with Crippen molar-refractivity contribution in [3.63, 3.8) is 0 Å². The van der Waals surface area contributed by atoms with Crippen molar-refractivity contribution in [2.45, 2.75) is 63.2 Å². The van der Waals surface area contributed by atoms with Crippen LogP contribution in [0.15, 0.2) is 58.4 Å². The fourth-order valence-electron chi connectivity index (χ4n) is 3.06. The summed E-state index contributed by atoms with van der Waals surface area (Å²) in [6.07, 6.45) is 8.34. The van der Waals surface area contributed by atoms with Gasteiger partial charge in [0.1, 0.15) is 0 Å². The predicted molar refractivity (Wildman–Crippen MR) is 105 cm³/mol. The van der Waals surface area contributed by atoms with Crippen molar-refractivity contribution in [3.8, 4) is 0 Å². The van der Waals surface area contributed by atoms with Crippen LogP contribution in [0.4, 0.5) is 0 Å². The molecule has 0 bridgehead atoms. The maximum absolute atomic E-state index is 6.75. The summed E-state index contributed by atoms with van der Waals surface area (Å²) in [5.41, 5.74) is 0. The third-order valence-electron chi connectivity index (χ3n) is 5.02. The molecule has 0 spiro atoms. The maximum Gasteiger partial charge on any atom is 0.192 e. The summed E-state index contributed by atoms with van der Waals surface area (Å²) >= 11 is 1.85. The fourth-order valence-corrected chi connectivity index (χ4v) is 6.91. The number of thioether (sulfide) groups is 1. The first-order chi connectivity index (χ1) is 11.1. The molecule has 1 aromatic carbocycles. The van der Waals surface area contributed by atoms with E-state index in [0.29, 0.717) is 12.0 Å². The first-order valence-corrected chi connectivity index (χ1v) is 12.3. The first kappa shape index (κ1) is 18.6. The first-order valence-electron chi connectivity index (χ1n) is 8.91. The van der Waals surface area contributed by atoms with Crippen molar-refractivity contribution < 1.29 is 4.43 Å². The van der Waals surface area contributed by atoms with Gasteiger partial charge in [-0.1, -0.05) is 75.9 Å². The van der Waals surface area contributed by atoms with Crippen LogP contribution >= 0.6 is 11.8 Å². The average molecular weight is 347 g/mol. The summed E-state index contributed by atoms with van der Waals surface area (Å²) < 4.78 is 6.75. The molecule has 3 heteroatoms. The summed E-state index contributed by atoms with van der Waals surface area (Å²) in [5, 5.41) is 0. The van der Waals surface area contributed by atoms with Gasteiger partial charge in [0, 0.05) is 9.80 Å². The largest absolute Gasteiger partial charge is 0.413 e. The van der Waals surface area contributed by atoms with Crippen LogP contribution in [0.5, 0.6) is 0 Å². The van der Waals surface area contributed by atoms with Gasteiger partial charge in [-0.15, -0.1) is 0 Å². The predicted octanol–water partition coefficient (Wildman–Crippen LogP) is 6.65. The third kappa shape index (κ3) is 5.10. The Morgan fingerprint density at radius 1 is 1.09 bits per heavy atom. The zero-order chi connectivity index (χ0) is 16.7. The molecule has 0 amide bonds. The minimum atomic E-state index is -1.54. The summed E-state index contributed by atoms with van der Waals surface area (Å²) in [6.45, 7) is 9.22. The molecule has 1 nitrogen and oxygen atoms in total. The highest BCUT2D eigenvalue weighted by Gasteiger charge is 2.33. The fraction of sp³-hybridized carbons (Fsp3) is 0.500. The van der Waals surface area contributed by atoms with E-state index in [1.54, 1.807) is 0 Å². The highest BCUT2D eigenvalue weighted by Crippen LogP contribution is 2.33. The maximum atomic E-state index is 6.75. The lowest BCUT2D eigenvalue weighted by Crippen LogP contribution is -2.41. The minimum Gasteiger partial charge on any atom is -0.413 e. The van der Waals surface area contributed by atoms with Gasteiger partial charge in [0.05, 0.1) is 6.10 Å². The van der Waals surface area contributed by atoms with Crippen LogP contribution < -0.4 is 0 Å². The number of benzene rings is 1. The lowest BCUT2D eigenvalue weighted by molar-refractivity contribution is 0.154. The summed E-state index contributed by atoms with van der Waals surface area (Å²) in [5.74, 6) is 0.483. The molecule has 0 aromatic heterocycles. The Morgan fingerprint density at radius 3 is 2.35 bits per heavy atom. The molecule has 0 aliphatic heterocycles. The van der Waals surface area contributed by atoms with Crippen LogP contribution in [0, 0.1) is 5.92 Å².